The summed E-state index contributed by atoms with van der Waals surface area (Å²) in [6.07, 6.45) is 0. The third-order valence-corrected chi connectivity index (χ3v) is 5.55. The molecule has 4 heteroatoms. The number of hydrogen-bond acceptors (Lipinski definition) is 1. The summed E-state index contributed by atoms with van der Waals surface area (Å²) >= 11 is 11.3. The van der Waals surface area contributed by atoms with Gasteiger partial charge in [0.15, 0.2) is 0 Å². The Balaban J connectivity index is 2.85. The molecule has 2 rings (SSSR count). The maximum absolute atomic E-state index is 3.63. The zero-order valence-electron chi connectivity index (χ0n) is 6.48. The highest BCUT2D eigenvalue weighted by Gasteiger charge is 2.08. The van der Waals surface area contributed by atoms with Crippen molar-refractivity contribution in [3.63, 3.8) is 0 Å². The van der Waals surface area contributed by atoms with Crippen molar-refractivity contribution in [2.24, 2.45) is 0 Å². The van der Waals surface area contributed by atoms with Gasteiger partial charge in [0.05, 0.1) is 0 Å². The van der Waals surface area contributed by atoms with Crippen LogP contribution in [0.1, 0.15) is 5.56 Å². The van der Waals surface area contributed by atoms with Crippen LogP contribution >= 0.6 is 65.8 Å². The number of alkyl halides is 1. The monoisotopic (exact) mass is 430 g/mol. The van der Waals surface area contributed by atoms with Crippen LogP contribution < -0.4 is 0 Å². The van der Waals surface area contributed by atoms with Crippen LogP contribution in [0.3, 0.4) is 0 Å². The van der Waals surface area contributed by atoms with Crippen LogP contribution in [0.5, 0.6) is 0 Å². The molecule has 0 spiro atoms. The fourth-order valence-electron chi connectivity index (χ4n) is 1.22. The van der Waals surface area contributed by atoms with Crippen LogP contribution in [0.25, 0.3) is 10.1 Å². The molecule has 0 aliphatic rings. The Bertz CT molecular complexity index is 450. The predicted octanol–water partition coefficient (Wildman–Crippen LogP) is 5.16. The molecular formula is C9H5Br2IS. The van der Waals surface area contributed by atoms with E-state index in [0.717, 1.165) is 5.33 Å². The lowest BCUT2D eigenvalue weighted by Crippen LogP contribution is -1.83. The third-order valence-electron chi connectivity index (χ3n) is 1.85. The number of benzene rings is 1. The molecule has 1 aromatic heterocycles. The lowest BCUT2D eigenvalue weighted by molar-refractivity contribution is 1.43. The normalized spacial score (nSPS) is 11.0. The molecule has 1 aromatic carbocycles. The minimum Gasteiger partial charge on any atom is -0.143 e. The maximum atomic E-state index is 3.63. The van der Waals surface area contributed by atoms with Crippen molar-refractivity contribution < 1.29 is 0 Å². The molecule has 13 heavy (non-hydrogen) atoms. The minimum absolute atomic E-state index is 0.898. The molecule has 0 saturated carbocycles. The Labute approximate surface area is 111 Å². The van der Waals surface area contributed by atoms with Crippen molar-refractivity contribution in [2.45, 2.75) is 5.33 Å². The van der Waals surface area contributed by atoms with E-state index in [1.807, 2.05) is 0 Å². The second-order valence-electron chi connectivity index (χ2n) is 2.63. The van der Waals surface area contributed by atoms with Crippen molar-refractivity contribution in [2.75, 3.05) is 0 Å². The molecular weight excluding hydrogens is 427 g/mol. The van der Waals surface area contributed by atoms with E-state index in [0.29, 0.717) is 0 Å². The molecule has 0 aliphatic carbocycles. The summed E-state index contributed by atoms with van der Waals surface area (Å²) in [4.78, 5) is 0. The molecule has 0 radical (unpaired) electrons. The molecule has 0 unspecified atom stereocenters. The fraction of sp³-hybridized carbons (Fsp3) is 0.111. The lowest BCUT2D eigenvalue weighted by atomic mass is 10.2. The van der Waals surface area contributed by atoms with Crippen molar-refractivity contribution in [3.05, 3.63) is 31.1 Å². The molecule has 1 heterocycles. The first-order chi connectivity index (χ1) is 6.24. The van der Waals surface area contributed by atoms with Gasteiger partial charge in [0.2, 0.25) is 0 Å². The fourth-order valence-corrected chi connectivity index (χ4v) is 4.61. The molecule has 0 nitrogen and oxygen atoms in total. The zero-order valence-corrected chi connectivity index (χ0v) is 12.6. The Kier molecular flexibility index (Phi) is 3.33. The van der Waals surface area contributed by atoms with Gasteiger partial charge < -0.3 is 0 Å². The van der Waals surface area contributed by atoms with Gasteiger partial charge in [-0.2, -0.15) is 0 Å². The topological polar surface area (TPSA) is 0 Å². The SMILES string of the molecule is BrCc1cc(I)c2sccc2c1Br. The second-order valence-corrected chi connectivity index (χ2v) is 6.06. The van der Waals surface area contributed by atoms with Gasteiger partial charge >= 0.3 is 0 Å². The summed E-state index contributed by atoms with van der Waals surface area (Å²) in [5.41, 5.74) is 1.32. The molecule has 0 N–H and O–H groups in total. The first-order valence-corrected chi connectivity index (χ1v) is 7.51. The van der Waals surface area contributed by atoms with E-state index in [9.17, 15) is 0 Å². The molecule has 0 aliphatic heterocycles. The highest BCUT2D eigenvalue weighted by Crippen LogP contribution is 2.35. The number of rotatable bonds is 1. The zero-order chi connectivity index (χ0) is 9.42. The molecule has 68 valence electrons. The summed E-state index contributed by atoms with van der Waals surface area (Å²) in [6.45, 7) is 0. The first-order valence-electron chi connectivity index (χ1n) is 3.64. The van der Waals surface area contributed by atoms with Gasteiger partial charge in [-0.1, -0.05) is 15.9 Å². The Morgan fingerprint density at radius 1 is 1.46 bits per heavy atom. The number of halogens is 3. The van der Waals surface area contributed by atoms with Crippen LogP contribution in [-0.2, 0) is 5.33 Å². The molecule has 2 aromatic rings. The smallest absolute Gasteiger partial charge is 0.0487 e. The number of hydrogen-bond donors (Lipinski definition) is 0. The van der Waals surface area contributed by atoms with Crippen molar-refractivity contribution in [1.29, 1.82) is 0 Å². The Morgan fingerprint density at radius 3 is 2.92 bits per heavy atom. The summed E-state index contributed by atoms with van der Waals surface area (Å²) in [5, 5.41) is 4.36. The van der Waals surface area contributed by atoms with Crippen LogP contribution in [0.2, 0.25) is 0 Å². The quantitative estimate of drug-likeness (QED) is 0.432. The number of thiophene rings is 1. The summed E-state index contributed by atoms with van der Waals surface area (Å²) < 4.78 is 3.93. The number of fused-ring (bicyclic) bond motifs is 1. The maximum Gasteiger partial charge on any atom is 0.0487 e. The molecule has 0 bridgehead atoms. The van der Waals surface area contributed by atoms with E-state index in [1.54, 1.807) is 11.3 Å². The average Bonchev–Trinajstić information content (AvgIpc) is 2.60. The standard InChI is InChI=1S/C9H5Br2IS/c10-4-5-3-7(12)9-6(8(5)11)1-2-13-9/h1-3H,4H2. The van der Waals surface area contributed by atoms with Gasteiger partial charge in [-0.25, -0.2) is 0 Å². The van der Waals surface area contributed by atoms with Gasteiger partial charge in [-0.05, 0) is 61.6 Å². The Morgan fingerprint density at radius 2 is 2.23 bits per heavy atom. The van der Waals surface area contributed by atoms with Crippen molar-refractivity contribution >= 4 is 75.9 Å². The van der Waals surface area contributed by atoms with Crippen LogP contribution in [0.4, 0.5) is 0 Å². The van der Waals surface area contributed by atoms with Gasteiger partial charge in [0.25, 0.3) is 0 Å². The highest BCUT2D eigenvalue weighted by atomic mass is 127. The summed E-state index contributed by atoms with van der Waals surface area (Å²) in [7, 11) is 0. The van der Waals surface area contributed by atoms with E-state index in [2.05, 4.69) is 72.0 Å². The van der Waals surface area contributed by atoms with Crippen LogP contribution in [0, 0.1) is 3.57 Å². The highest BCUT2D eigenvalue weighted by molar-refractivity contribution is 14.1. The van der Waals surface area contributed by atoms with Crippen molar-refractivity contribution in [1.82, 2.24) is 0 Å². The largest absolute Gasteiger partial charge is 0.143 e. The summed E-state index contributed by atoms with van der Waals surface area (Å²) in [5.74, 6) is 0. The van der Waals surface area contributed by atoms with Gasteiger partial charge in [0, 0.05) is 23.5 Å². The van der Waals surface area contributed by atoms with E-state index in [-0.39, 0.29) is 0 Å². The predicted molar refractivity (Wildman–Crippen MR) is 74.9 cm³/mol. The second kappa shape index (κ2) is 4.16. The van der Waals surface area contributed by atoms with Crippen LogP contribution in [0.15, 0.2) is 22.0 Å². The minimum atomic E-state index is 0.898. The van der Waals surface area contributed by atoms with E-state index >= 15 is 0 Å². The molecule has 0 atom stereocenters. The van der Waals surface area contributed by atoms with E-state index in [1.165, 1.54) is 23.7 Å². The summed E-state index contributed by atoms with van der Waals surface area (Å²) in [6, 6.07) is 4.39. The van der Waals surface area contributed by atoms with Crippen LogP contribution in [-0.4, -0.2) is 0 Å². The van der Waals surface area contributed by atoms with E-state index < -0.39 is 0 Å². The van der Waals surface area contributed by atoms with Crippen molar-refractivity contribution in [3.8, 4) is 0 Å². The van der Waals surface area contributed by atoms with Gasteiger partial charge in [-0.3, -0.25) is 0 Å². The molecule has 0 amide bonds. The first kappa shape index (κ1) is 10.4. The lowest BCUT2D eigenvalue weighted by Gasteiger charge is -2.03. The molecule has 0 saturated heterocycles. The Hall–Kier alpha value is 0.870. The average molecular weight is 432 g/mol. The third kappa shape index (κ3) is 1.82. The van der Waals surface area contributed by atoms with Gasteiger partial charge in [-0.15, -0.1) is 11.3 Å². The molecule has 0 fully saturated rings. The van der Waals surface area contributed by atoms with Gasteiger partial charge in [0.1, 0.15) is 0 Å². The van der Waals surface area contributed by atoms with E-state index in [4.69, 9.17) is 0 Å².